The summed E-state index contributed by atoms with van der Waals surface area (Å²) in [4.78, 5) is 28.8. The Hall–Kier alpha value is -3.89. The van der Waals surface area contributed by atoms with Gasteiger partial charge in [-0.05, 0) is 34.7 Å². The molecule has 136 valence electrons. The first kappa shape index (κ1) is 16.6. The van der Waals surface area contributed by atoms with Gasteiger partial charge in [0.2, 0.25) is 5.91 Å². The van der Waals surface area contributed by atoms with E-state index in [1.54, 1.807) is 31.3 Å². The lowest BCUT2D eigenvalue weighted by Crippen LogP contribution is -2.23. The number of tetrazole rings is 1. The van der Waals surface area contributed by atoms with Crippen LogP contribution in [0.15, 0.2) is 47.9 Å². The number of carbonyl (C=O) groups excluding carboxylic acids is 1. The third-order valence-electron chi connectivity index (χ3n) is 4.06. The Labute approximate surface area is 152 Å². The lowest BCUT2D eigenvalue weighted by atomic mass is 10.2. The number of anilines is 1. The van der Waals surface area contributed by atoms with E-state index >= 15 is 0 Å². The van der Waals surface area contributed by atoms with Gasteiger partial charge in [0.25, 0.3) is 5.56 Å². The van der Waals surface area contributed by atoms with E-state index in [0.717, 1.165) is 5.69 Å². The summed E-state index contributed by atoms with van der Waals surface area (Å²) >= 11 is 0. The molecule has 0 aliphatic carbocycles. The zero-order valence-electron chi connectivity index (χ0n) is 14.3. The van der Waals surface area contributed by atoms with Crippen molar-refractivity contribution in [1.29, 1.82) is 0 Å². The predicted octanol–water partition coefficient (Wildman–Crippen LogP) is 0.134. The maximum Gasteiger partial charge on any atom is 0.264 e. The molecule has 1 N–H and O–H groups in total. The molecule has 1 amide bonds. The largest absolute Gasteiger partial charge is 0.326 e. The zero-order chi connectivity index (χ0) is 18.8. The van der Waals surface area contributed by atoms with Crippen molar-refractivity contribution in [2.75, 3.05) is 5.32 Å². The van der Waals surface area contributed by atoms with E-state index in [4.69, 9.17) is 0 Å². The average molecular weight is 365 g/mol. The zero-order valence-corrected chi connectivity index (χ0v) is 14.3. The predicted molar refractivity (Wildman–Crippen MR) is 95.2 cm³/mol. The number of carbonyl (C=O) groups is 1. The Balaban J connectivity index is 1.40. The molecule has 3 aromatic heterocycles. The minimum absolute atomic E-state index is 0.141. The van der Waals surface area contributed by atoms with Gasteiger partial charge in [-0.3, -0.25) is 18.8 Å². The molecular formula is C16H15N9O2. The van der Waals surface area contributed by atoms with E-state index in [2.05, 4.69) is 30.9 Å². The molecule has 27 heavy (non-hydrogen) atoms. The molecule has 4 rings (SSSR count). The van der Waals surface area contributed by atoms with Crippen molar-refractivity contribution in [3.8, 4) is 5.69 Å². The molecule has 0 fully saturated rings. The molecule has 0 bridgehead atoms. The Bertz CT molecular complexity index is 1140. The number of benzene rings is 1. The number of aromatic nitrogens is 8. The van der Waals surface area contributed by atoms with E-state index in [0.29, 0.717) is 16.7 Å². The molecule has 4 aromatic rings. The molecule has 11 nitrogen and oxygen atoms in total. The summed E-state index contributed by atoms with van der Waals surface area (Å²) in [6.07, 6.45) is 4.54. The van der Waals surface area contributed by atoms with Crippen LogP contribution in [0.25, 0.3) is 16.7 Å². The van der Waals surface area contributed by atoms with Gasteiger partial charge in [0.15, 0.2) is 5.65 Å². The van der Waals surface area contributed by atoms with Crippen LogP contribution in [-0.2, 0) is 18.4 Å². The quantitative estimate of drug-likeness (QED) is 0.533. The number of rotatable bonds is 5. The Morgan fingerprint density at radius 3 is 2.74 bits per heavy atom. The number of fused-ring (bicyclic) bond motifs is 1. The first-order valence-corrected chi connectivity index (χ1v) is 8.12. The maximum absolute atomic E-state index is 12.4. The van der Waals surface area contributed by atoms with Crippen LogP contribution in [-0.4, -0.2) is 45.4 Å². The van der Waals surface area contributed by atoms with Crippen LogP contribution in [0, 0.1) is 0 Å². The van der Waals surface area contributed by atoms with Gasteiger partial charge in [-0.2, -0.15) is 5.10 Å². The van der Waals surface area contributed by atoms with Crippen LogP contribution in [0.3, 0.4) is 0 Å². The van der Waals surface area contributed by atoms with Crippen molar-refractivity contribution in [1.82, 2.24) is 39.5 Å². The molecular weight excluding hydrogens is 350 g/mol. The fourth-order valence-corrected chi connectivity index (χ4v) is 2.65. The Morgan fingerprint density at radius 2 is 2.00 bits per heavy atom. The van der Waals surface area contributed by atoms with Gasteiger partial charge in [0.1, 0.15) is 11.7 Å². The highest BCUT2D eigenvalue weighted by Gasteiger charge is 2.10. The van der Waals surface area contributed by atoms with E-state index in [-0.39, 0.29) is 24.4 Å². The second-order valence-corrected chi connectivity index (χ2v) is 5.85. The summed E-state index contributed by atoms with van der Waals surface area (Å²) in [5.41, 5.74) is 1.72. The number of hydrogen-bond acceptors (Lipinski definition) is 7. The molecule has 0 radical (unpaired) electrons. The molecule has 0 saturated carbocycles. The van der Waals surface area contributed by atoms with E-state index in [9.17, 15) is 9.59 Å². The summed E-state index contributed by atoms with van der Waals surface area (Å²) in [6, 6.07) is 7.09. The summed E-state index contributed by atoms with van der Waals surface area (Å²) in [5.74, 6) is -0.205. The van der Waals surface area contributed by atoms with Crippen molar-refractivity contribution < 1.29 is 4.79 Å². The molecule has 0 aliphatic rings. The first-order valence-electron chi connectivity index (χ1n) is 8.12. The number of hydrogen-bond donors (Lipinski definition) is 1. The lowest BCUT2D eigenvalue weighted by Gasteiger charge is -2.08. The molecule has 3 heterocycles. The molecule has 0 unspecified atom stereocenters. The van der Waals surface area contributed by atoms with Crippen LogP contribution in [0.4, 0.5) is 5.69 Å². The van der Waals surface area contributed by atoms with E-state index in [1.165, 1.54) is 32.8 Å². The lowest BCUT2D eigenvalue weighted by molar-refractivity contribution is -0.116. The number of amides is 1. The van der Waals surface area contributed by atoms with Crippen molar-refractivity contribution >= 4 is 22.6 Å². The highest BCUT2D eigenvalue weighted by atomic mass is 16.2. The minimum atomic E-state index is -0.216. The third kappa shape index (κ3) is 3.29. The minimum Gasteiger partial charge on any atom is -0.326 e. The fourth-order valence-electron chi connectivity index (χ4n) is 2.65. The maximum atomic E-state index is 12.4. The van der Waals surface area contributed by atoms with E-state index in [1.807, 2.05) is 0 Å². The van der Waals surface area contributed by atoms with Gasteiger partial charge < -0.3 is 5.32 Å². The molecule has 11 heteroatoms. The molecule has 0 saturated heterocycles. The number of nitrogens with one attached hydrogen (secondary N) is 1. The fraction of sp³-hybridized carbons (Fsp3) is 0.188. The van der Waals surface area contributed by atoms with Crippen molar-refractivity contribution in [3.63, 3.8) is 0 Å². The van der Waals surface area contributed by atoms with Crippen LogP contribution in [0.5, 0.6) is 0 Å². The number of nitrogens with zero attached hydrogens (tertiary/aromatic N) is 8. The van der Waals surface area contributed by atoms with Crippen LogP contribution >= 0.6 is 0 Å². The second-order valence-electron chi connectivity index (χ2n) is 5.85. The van der Waals surface area contributed by atoms with Gasteiger partial charge in [0.05, 0.1) is 18.2 Å². The number of aryl methyl sites for hydroxylation is 2. The van der Waals surface area contributed by atoms with Crippen LogP contribution in [0.1, 0.15) is 6.42 Å². The molecule has 0 spiro atoms. The van der Waals surface area contributed by atoms with Crippen molar-refractivity contribution in [3.05, 3.63) is 53.5 Å². The summed E-state index contributed by atoms with van der Waals surface area (Å²) in [5, 5.41) is 18.2. The van der Waals surface area contributed by atoms with Gasteiger partial charge in [-0.15, -0.1) is 5.10 Å². The second kappa shape index (κ2) is 6.78. The monoisotopic (exact) mass is 365 g/mol. The highest BCUT2D eigenvalue weighted by molar-refractivity contribution is 5.90. The van der Waals surface area contributed by atoms with Gasteiger partial charge in [-0.1, -0.05) is 0 Å². The summed E-state index contributed by atoms with van der Waals surface area (Å²) in [6.45, 7) is 0.227. The van der Waals surface area contributed by atoms with Gasteiger partial charge >= 0.3 is 0 Å². The normalized spacial score (nSPS) is 11.0. The average Bonchev–Trinajstić information content (AvgIpc) is 3.33. The summed E-state index contributed by atoms with van der Waals surface area (Å²) < 4.78 is 4.46. The van der Waals surface area contributed by atoms with Crippen LogP contribution in [0.2, 0.25) is 0 Å². The molecule has 0 atom stereocenters. The highest BCUT2D eigenvalue weighted by Crippen LogP contribution is 2.12. The third-order valence-corrected chi connectivity index (χ3v) is 4.06. The first-order chi connectivity index (χ1) is 13.1. The Kier molecular flexibility index (Phi) is 4.16. The van der Waals surface area contributed by atoms with E-state index < -0.39 is 0 Å². The molecule has 1 aromatic carbocycles. The SMILES string of the molecule is Cn1ncc2c(=O)n(CCC(=O)Nc3ccc(-n4cnnn4)cc3)cnc21. The van der Waals surface area contributed by atoms with Gasteiger partial charge in [-0.25, -0.2) is 9.67 Å². The smallest absolute Gasteiger partial charge is 0.264 e. The Morgan fingerprint density at radius 1 is 1.19 bits per heavy atom. The van der Waals surface area contributed by atoms with Gasteiger partial charge in [0, 0.05) is 25.7 Å². The topological polar surface area (TPSA) is 125 Å². The summed E-state index contributed by atoms with van der Waals surface area (Å²) in [7, 11) is 1.72. The van der Waals surface area contributed by atoms with Crippen LogP contribution < -0.4 is 10.9 Å². The van der Waals surface area contributed by atoms with Crippen molar-refractivity contribution in [2.24, 2.45) is 7.05 Å². The standard InChI is InChI=1S/C16H15N9O2/c1-23-15-13(8-19-23)16(27)24(9-17-15)7-6-14(26)20-11-2-4-12(5-3-11)25-10-18-21-22-25/h2-5,8-10H,6-7H2,1H3,(H,20,26). The van der Waals surface area contributed by atoms with Crippen molar-refractivity contribution in [2.45, 2.75) is 13.0 Å². The molecule has 0 aliphatic heterocycles.